The van der Waals surface area contributed by atoms with Crippen molar-refractivity contribution in [3.8, 4) is 5.75 Å². The van der Waals surface area contributed by atoms with Gasteiger partial charge in [-0.2, -0.15) is 0 Å². The van der Waals surface area contributed by atoms with Gasteiger partial charge in [-0.3, -0.25) is 4.79 Å². The highest BCUT2D eigenvalue weighted by Gasteiger charge is 2.05. The van der Waals surface area contributed by atoms with Crippen molar-refractivity contribution < 1.29 is 17.9 Å². The van der Waals surface area contributed by atoms with Gasteiger partial charge in [-0.05, 0) is 12.1 Å². The van der Waals surface area contributed by atoms with Gasteiger partial charge in [0.2, 0.25) is 5.91 Å². The molecule has 6 nitrogen and oxygen atoms in total. The van der Waals surface area contributed by atoms with Gasteiger partial charge >= 0.3 is 0 Å². The minimum Gasteiger partial charge on any atom is -0.497 e. The van der Waals surface area contributed by atoms with Gasteiger partial charge in [0.05, 0.1) is 19.4 Å². The maximum atomic E-state index is 11.6. The minimum atomic E-state index is -3.00. The second-order valence-corrected chi connectivity index (χ2v) is 6.35. The first-order valence-electron chi connectivity index (χ1n) is 5.73. The van der Waals surface area contributed by atoms with Crippen molar-refractivity contribution in [2.45, 2.75) is 0 Å². The largest absolute Gasteiger partial charge is 0.497 e. The Labute approximate surface area is 113 Å². The highest BCUT2D eigenvalue weighted by molar-refractivity contribution is 7.90. The second-order valence-electron chi connectivity index (χ2n) is 4.09. The van der Waals surface area contributed by atoms with Crippen LogP contribution in [0.25, 0.3) is 0 Å². The minimum absolute atomic E-state index is 0.0133. The SMILES string of the molecule is COc1cccc(NC(=O)CNCCS(C)(=O)=O)c1. The molecule has 1 rings (SSSR count). The number of amides is 1. The Kier molecular flexibility index (Phi) is 5.78. The lowest BCUT2D eigenvalue weighted by molar-refractivity contribution is -0.115. The smallest absolute Gasteiger partial charge is 0.238 e. The highest BCUT2D eigenvalue weighted by Crippen LogP contribution is 2.16. The number of sulfone groups is 1. The third-order valence-electron chi connectivity index (χ3n) is 2.29. The van der Waals surface area contributed by atoms with Gasteiger partial charge in [0.25, 0.3) is 0 Å². The normalized spacial score (nSPS) is 11.1. The molecule has 7 heteroatoms. The monoisotopic (exact) mass is 286 g/mol. The first-order valence-corrected chi connectivity index (χ1v) is 7.79. The van der Waals surface area contributed by atoms with Gasteiger partial charge < -0.3 is 15.4 Å². The number of nitrogens with one attached hydrogen (secondary N) is 2. The van der Waals surface area contributed by atoms with Crippen LogP contribution in [-0.4, -0.2) is 46.5 Å². The third-order valence-corrected chi connectivity index (χ3v) is 3.23. The summed E-state index contributed by atoms with van der Waals surface area (Å²) in [5.74, 6) is 0.434. The van der Waals surface area contributed by atoms with Crippen LogP contribution < -0.4 is 15.4 Å². The van der Waals surface area contributed by atoms with Crippen molar-refractivity contribution in [2.24, 2.45) is 0 Å². The molecule has 0 aliphatic carbocycles. The molecule has 1 amide bonds. The quantitative estimate of drug-likeness (QED) is 0.703. The lowest BCUT2D eigenvalue weighted by Gasteiger charge is -2.07. The van der Waals surface area contributed by atoms with E-state index in [4.69, 9.17) is 4.74 Å². The summed E-state index contributed by atoms with van der Waals surface area (Å²) >= 11 is 0. The van der Waals surface area contributed by atoms with Crippen molar-refractivity contribution in [1.29, 1.82) is 0 Å². The van der Waals surface area contributed by atoms with E-state index in [1.165, 1.54) is 0 Å². The average molecular weight is 286 g/mol. The molecule has 19 heavy (non-hydrogen) atoms. The van der Waals surface area contributed by atoms with E-state index >= 15 is 0 Å². The molecule has 0 unspecified atom stereocenters. The Morgan fingerprint density at radius 1 is 1.37 bits per heavy atom. The van der Waals surface area contributed by atoms with Crippen molar-refractivity contribution in [2.75, 3.05) is 37.5 Å². The van der Waals surface area contributed by atoms with Crippen LogP contribution in [0.15, 0.2) is 24.3 Å². The summed E-state index contributed by atoms with van der Waals surface area (Å²) < 4.78 is 26.8. The summed E-state index contributed by atoms with van der Waals surface area (Å²) in [6, 6.07) is 7.00. The molecule has 0 atom stereocenters. The van der Waals surface area contributed by atoms with E-state index in [0.29, 0.717) is 11.4 Å². The summed E-state index contributed by atoms with van der Waals surface area (Å²) in [5.41, 5.74) is 0.634. The van der Waals surface area contributed by atoms with Gasteiger partial charge in [-0.15, -0.1) is 0 Å². The maximum absolute atomic E-state index is 11.6. The number of anilines is 1. The van der Waals surface area contributed by atoms with Crippen molar-refractivity contribution >= 4 is 21.4 Å². The van der Waals surface area contributed by atoms with Crippen LogP contribution in [0.2, 0.25) is 0 Å². The predicted molar refractivity (Wildman–Crippen MR) is 74.2 cm³/mol. The molecule has 0 radical (unpaired) electrons. The van der Waals surface area contributed by atoms with Crippen LogP contribution in [-0.2, 0) is 14.6 Å². The first kappa shape index (κ1) is 15.5. The fourth-order valence-electron chi connectivity index (χ4n) is 1.37. The lowest BCUT2D eigenvalue weighted by Crippen LogP contribution is -2.31. The van der Waals surface area contributed by atoms with E-state index in [0.717, 1.165) is 6.26 Å². The van der Waals surface area contributed by atoms with Crippen molar-refractivity contribution in [3.63, 3.8) is 0 Å². The zero-order valence-electron chi connectivity index (χ0n) is 11.0. The fourth-order valence-corrected chi connectivity index (χ4v) is 1.88. The predicted octanol–water partition coefficient (Wildman–Crippen LogP) is 0.268. The first-order chi connectivity index (χ1) is 8.90. The van der Waals surface area contributed by atoms with Crippen LogP contribution in [0.5, 0.6) is 5.75 Å². The standard InChI is InChI=1S/C12H18N2O4S/c1-18-11-5-3-4-10(8-11)14-12(15)9-13-6-7-19(2,16)17/h3-5,8,13H,6-7,9H2,1-2H3,(H,14,15). The Balaban J connectivity index is 2.34. The highest BCUT2D eigenvalue weighted by atomic mass is 32.2. The molecular weight excluding hydrogens is 268 g/mol. The van der Waals surface area contributed by atoms with E-state index in [-0.39, 0.29) is 24.7 Å². The fraction of sp³-hybridized carbons (Fsp3) is 0.417. The molecule has 0 aromatic heterocycles. The van der Waals surface area contributed by atoms with Gasteiger partial charge in [-0.1, -0.05) is 6.07 Å². The van der Waals surface area contributed by atoms with Crippen LogP contribution in [0.3, 0.4) is 0 Å². The summed E-state index contributed by atoms with van der Waals surface area (Å²) in [6.45, 7) is 0.317. The van der Waals surface area contributed by atoms with Crippen molar-refractivity contribution in [1.82, 2.24) is 5.32 Å². The van der Waals surface area contributed by atoms with E-state index in [1.54, 1.807) is 31.4 Å². The number of benzene rings is 1. The molecule has 2 N–H and O–H groups in total. The van der Waals surface area contributed by atoms with Crippen LogP contribution in [0, 0.1) is 0 Å². The summed E-state index contributed by atoms with van der Waals surface area (Å²) in [4.78, 5) is 11.6. The van der Waals surface area contributed by atoms with E-state index in [9.17, 15) is 13.2 Å². The number of hydrogen-bond acceptors (Lipinski definition) is 5. The average Bonchev–Trinajstić information content (AvgIpc) is 2.34. The topological polar surface area (TPSA) is 84.5 Å². The molecule has 1 aromatic rings. The number of hydrogen-bond donors (Lipinski definition) is 2. The molecular formula is C12H18N2O4S. The zero-order chi connectivity index (χ0) is 14.3. The molecule has 106 valence electrons. The van der Waals surface area contributed by atoms with Crippen LogP contribution >= 0.6 is 0 Å². The molecule has 0 fully saturated rings. The van der Waals surface area contributed by atoms with Gasteiger partial charge in [0.15, 0.2) is 0 Å². The number of carbonyl (C=O) groups excluding carboxylic acids is 1. The Morgan fingerprint density at radius 3 is 2.74 bits per heavy atom. The van der Waals surface area contributed by atoms with E-state index in [2.05, 4.69) is 10.6 Å². The molecule has 1 aromatic carbocycles. The number of carbonyl (C=O) groups is 1. The molecule has 0 heterocycles. The lowest BCUT2D eigenvalue weighted by atomic mass is 10.3. The Bertz CT molecular complexity index is 528. The van der Waals surface area contributed by atoms with Gasteiger partial charge in [0, 0.05) is 24.6 Å². The van der Waals surface area contributed by atoms with E-state index < -0.39 is 9.84 Å². The maximum Gasteiger partial charge on any atom is 0.238 e. The van der Waals surface area contributed by atoms with Crippen LogP contribution in [0.4, 0.5) is 5.69 Å². The van der Waals surface area contributed by atoms with Crippen molar-refractivity contribution in [3.05, 3.63) is 24.3 Å². The van der Waals surface area contributed by atoms with Gasteiger partial charge in [-0.25, -0.2) is 8.42 Å². The second kappa shape index (κ2) is 7.10. The zero-order valence-corrected chi connectivity index (χ0v) is 11.8. The van der Waals surface area contributed by atoms with Crippen LogP contribution in [0.1, 0.15) is 0 Å². The third kappa shape index (κ3) is 6.78. The van der Waals surface area contributed by atoms with E-state index in [1.807, 2.05) is 0 Å². The number of rotatable bonds is 7. The molecule has 0 spiro atoms. The molecule has 0 aliphatic rings. The summed E-state index contributed by atoms with van der Waals surface area (Å²) in [7, 11) is -1.45. The Hall–Kier alpha value is -1.60. The molecule has 0 aliphatic heterocycles. The van der Waals surface area contributed by atoms with Gasteiger partial charge in [0.1, 0.15) is 15.6 Å². The Morgan fingerprint density at radius 2 is 2.11 bits per heavy atom. The number of methoxy groups -OCH3 is 1. The molecule has 0 saturated heterocycles. The summed E-state index contributed by atoms with van der Waals surface area (Å²) in [5, 5.41) is 5.45. The molecule has 0 saturated carbocycles. The molecule has 0 bridgehead atoms. The summed E-state index contributed by atoms with van der Waals surface area (Å²) in [6.07, 6.45) is 1.16. The number of ether oxygens (including phenoxy) is 1.